The lowest BCUT2D eigenvalue weighted by molar-refractivity contribution is 0.600. The van der Waals surface area contributed by atoms with Gasteiger partial charge in [-0.05, 0) is 52.6 Å². The van der Waals surface area contributed by atoms with E-state index < -0.39 is 15.8 Å². The Morgan fingerprint density at radius 3 is 2.75 bits per heavy atom. The molecular weight excluding hydrogens is 367 g/mol. The highest BCUT2D eigenvalue weighted by molar-refractivity contribution is 9.10. The maximum absolute atomic E-state index is 13.4. The van der Waals surface area contributed by atoms with Crippen LogP contribution in [-0.4, -0.2) is 15.5 Å². The van der Waals surface area contributed by atoms with Crippen molar-refractivity contribution in [3.8, 4) is 0 Å². The number of halogens is 2. The Labute approximate surface area is 129 Å². The van der Waals surface area contributed by atoms with Crippen molar-refractivity contribution in [1.82, 2.24) is 5.32 Å². The standard InChI is InChI=1S/C12H12BrFN2O2S2/c1-15-7-11-12(4-5-19-11)20(17,18)16-8-2-3-9(13)10(14)6-8/h2-6,15-16H,7H2,1H3. The molecule has 108 valence electrons. The molecule has 0 bridgehead atoms. The molecule has 8 heteroatoms. The number of nitrogens with one attached hydrogen (secondary N) is 2. The highest BCUT2D eigenvalue weighted by Crippen LogP contribution is 2.26. The Morgan fingerprint density at radius 2 is 2.10 bits per heavy atom. The number of hydrogen-bond donors (Lipinski definition) is 2. The zero-order chi connectivity index (χ0) is 14.8. The quantitative estimate of drug-likeness (QED) is 0.839. The van der Waals surface area contributed by atoms with Crippen LogP contribution < -0.4 is 10.0 Å². The topological polar surface area (TPSA) is 58.2 Å². The van der Waals surface area contributed by atoms with Gasteiger partial charge in [-0.15, -0.1) is 11.3 Å². The van der Waals surface area contributed by atoms with Gasteiger partial charge in [0.1, 0.15) is 10.7 Å². The van der Waals surface area contributed by atoms with Crippen molar-refractivity contribution in [3.05, 3.63) is 44.8 Å². The van der Waals surface area contributed by atoms with E-state index in [1.54, 1.807) is 12.4 Å². The van der Waals surface area contributed by atoms with Crippen molar-refractivity contribution in [1.29, 1.82) is 0 Å². The Hall–Kier alpha value is -0.960. The minimum Gasteiger partial charge on any atom is -0.315 e. The normalized spacial score (nSPS) is 11.6. The fourth-order valence-electron chi connectivity index (χ4n) is 1.63. The smallest absolute Gasteiger partial charge is 0.263 e. The molecule has 1 aromatic heterocycles. The number of hydrogen-bond acceptors (Lipinski definition) is 4. The molecule has 0 atom stereocenters. The van der Waals surface area contributed by atoms with Crippen molar-refractivity contribution >= 4 is 43.0 Å². The number of sulfonamides is 1. The molecule has 0 saturated heterocycles. The van der Waals surface area contributed by atoms with Gasteiger partial charge in [-0.2, -0.15) is 0 Å². The third-order valence-electron chi connectivity index (χ3n) is 2.50. The predicted molar refractivity (Wildman–Crippen MR) is 82.0 cm³/mol. The van der Waals surface area contributed by atoms with Crippen LogP contribution in [0.5, 0.6) is 0 Å². The molecule has 0 unspecified atom stereocenters. The van der Waals surface area contributed by atoms with E-state index in [0.29, 0.717) is 11.4 Å². The lowest BCUT2D eigenvalue weighted by Gasteiger charge is -2.09. The molecular formula is C12H12BrFN2O2S2. The van der Waals surface area contributed by atoms with Crippen molar-refractivity contribution < 1.29 is 12.8 Å². The van der Waals surface area contributed by atoms with Crippen LogP contribution in [0.2, 0.25) is 0 Å². The van der Waals surface area contributed by atoms with Crippen LogP contribution in [0.3, 0.4) is 0 Å². The Bertz CT molecular complexity index is 716. The van der Waals surface area contributed by atoms with E-state index in [1.165, 1.54) is 29.5 Å². The molecule has 0 aliphatic heterocycles. The molecule has 0 amide bonds. The first kappa shape index (κ1) is 15.4. The number of benzene rings is 1. The van der Waals surface area contributed by atoms with E-state index in [9.17, 15) is 12.8 Å². The fraction of sp³-hybridized carbons (Fsp3) is 0.167. The molecule has 0 spiro atoms. The summed E-state index contributed by atoms with van der Waals surface area (Å²) in [6.45, 7) is 0.461. The number of thiophene rings is 1. The molecule has 0 aliphatic carbocycles. The summed E-state index contributed by atoms with van der Waals surface area (Å²) < 4.78 is 40.6. The second kappa shape index (κ2) is 6.21. The van der Waals surface area contributed by atoms with E-state index in [-0.39, 0.29) is 15.1 Å². The molecule has 0 radical (unpaired) electrons. The summed E-state index contributed by atoms with van der Waals surface area (Å²) in [6, 6.07) is 5.62. The molecule has 0 aliphatic rings. The summed E-state index contributed by atoms with van der Waals surface area (Å²) in [5.74, 6) is -0.522. The zero-order valence-electron chi connectivity index (χ0n) is 10.5. The highest BCUT2D eigenvalue weighted by Gasteiger charge is 2.19. The summed E-state index contributed by atoms with van der Waals surface area (Å²) in [5, 5.41) is 4.63. The zero-order valence-corrected chi connectivity index (χ0v) is 13.7. The first-order chi connectivity index (χ1) is 9.44. The van der Waals surface area contributed by atoms with Gasteiger partial charge in [-0.25, -0.2) is 12.8 Å². The summed E-state index contributed by atoms with van der Waals surface area (Å²) in [7, 11) is -1.97. The second-order valence-electron chi connectivity index (χ2n) is 3.97. The average Bonchev–Trinajstić information content (AvgIpc) is 2.83. The van der Waals surface area contributed by atoms with Crippen LogP contribution in [0.4, 0.5) is 10.1 Å². The monoisotopic (exact) mass is 378 g/mol. The van der Waals surface area contributed by atoms with Crippen LogP contribution in [0.1, 0.15) is 4.88 Å². The lowest BCUT2D eigenvalue weighted by Crippen LogP contribution is -2.15. The van der Waals surface area contributed by atoms with Crippen LogP contribution in [0.25, 0.3) is 0 Å². The Kier molecular flexibility index (Phi) is 4.79. The van der Waals surface area contributed by atoms with Gasteiger partial charge < -0.3 is 5.32 Å². The summed E-state index contributed by atoms with van der Waals surface area (Å²) in [5.41, 5.74) is 0.187. The molecule has 1 heterocycles. The van der Waals surface area contributed by atoms with Crippen LogP contribution in [-0.2, 0) is 16.6 Å². The van der Waals surface area contributed by atoms with E-state index >= 15 is 0 Å². The fourth-order valence-corrected chi connectivity index (χ4v) is 4.38. The third-order valence-corrected chi connectivity index (χ3v) is 5.66. The van der Waals surface area contributed by atoms with E-state index in [0.717, 1.165) is 6.07 Å². The second-order valence-corrected chi connectivity index (χ2v) is 7.48. The average molecular weight is 379 g/mol. The third kappa shape index (κ3) is 3.38. The molecule has 2 N–H and O–H groups in total. The molecule has 20 heavy (non-hydrogen) atoms. The van der Waals surface area contributed by atoms with Gasteiger partial charge in [0.15, 0.2) is 0 Å². The molecule has 1 aromatic carbocycles. The maximum Gasteiger partial charge on any atom is 0.263 e. The first-order valence-electron chi connectivity index (χ1n) is 5.63. The van der Waals surface area contributed by atoms with E-state index in [2.05, 4.69) is 26.0 Å². The van der Waals surface area contributed by atoms with Crippen molar-refractivity contribution in [2.24, 2.45) is 0 Å². The van der Waals surface area contributed by atoms with Gasteiger partial charge in [-0.1, -0.05) is 0 Å². The van der Waals surface area contributed by atoms with Crippen LogP contribution in [0, 0.1) is 5.82 Å². The molecule has 2 aromatic rings. The number of rotatable bonds is 5. The SMILES string of the molecule is CNCc1sccc1S(=O)(=O)Nc1ccc(Br)c(F)c1. The van der Waals surface area contributed by atoms with Gasteiger partial charge in [-0.3, -0.25) is 4.72 Å². The minimum atomic E-state index is -3.71. The maximum atomic E-state index is 13.4. The summed E-state index contributed by atoms with van der Waals surface area (Å²) >= 11 is 4.37. The van der Waals surface area contributed by atoms with E-state index in [4.69, 9.17) is 0 Å². The molecule has 4 nitrogen and oxygen atoms in total. The molecule has 0 saturated carbocycles. The Morgan fingerprint density at radius 1 is 1.35 bits per heavy atom. The first-order valence-corrected chi connectivity index (χ1v) is 8.78. The van der Waals surface area contributed by atoms with Crippen LogP contribution >= 0.6 is 27.3 Å². The van der Waals surface area contributed by atoms with Gasteiger partial charge in [0.25, 0.3) is 10.0 Å². The van der Waals surface area contributed by atoms with Crippen LogP contribution in [0.15, 0.2) is 39.0 Å². The largest absolute Gasteiger partial charge is 0.315 e. The predicted octanol–water partition coefficient (Wildman–Crippen LogP) is 3.17. The van der Waals surface area contributed by atoms with Crippen molar-refractivity contribution in [2.75, 3.05) is 11.8 Å². The van der Waals surface area contributed by atoms with Gasteiger partial charge in [0, 0.05) is 11.4 Å². The van der Waals surface area contributed by atoms with Gasteiger partial charge in [0.05, 0.1) is 10.2 Å². The lowest BCUT2D eigenvalue weighted by atomic mass is 10.3. The van der Waals surface area contributed by atoms with Crippen molar-refractivity contribution in [3.63, 3.8) is 0 Å². The van der Waals surface area contributed by atoms with Gasteiger partial charge in [0.2, 0.25) is 0 Å². The Balaban J connectivity index is 2.30. The summed E-state index contributed by atoms with van der Waals surface area (Å²) in [6.07, 6.45) is 0. The summed E-state index contributed by atoms with van der Waals surface area (Å²) in [4.78, 5) is 0.915. The molecule has 0 fully saturated rings. The molecule has 2 rings (SSSR count). The number of anilines is 1. The minimum absolute atomic E-state index is 0.187. The van der Waals surface area contributed by atoms with E-state index in [1.807, 2.05) is 0 Å². The van der Waals surface area contributed by atoms with Crippen molar-refractivity contribution in [2.45, 2.75) is 11.4 Å². The van der Waals surface area contributed by atoms with Gasteiger partial charge >= 0.3 is 0 Å². The highest BCUT2D eigenvalue weighted by atomic mass is 79.9.